The first-order valence-corrected chi connectivity index (χ1v) is 10.3. The van der Waals surface area contributed by atoms with Crippen molar-refractivity contribution in [2.45, 2.75) is 32.6 Å². The van der Waals surface area contributed by atoms with Gasteiger partial charge >= 0.3 is 0 Å². The molecule has 0 atom stereocenters. The third kappa shape index (κ3) is 3.60. The average molecular weight is 373 g/mol. The van der Waals surface area contributed by atoms with Crippen molar-refractivity contribution in [2.75, 3.05) is 4.72 Å². The molecule has 0 aliphatic carbocycles. The Kier molecular flexibility index (Phi) is 4.67. The number of aromatic nitrogens is 1. The fourth-order valence-corrected chi connectivity index (χ4v) is 4.81. The van der Waals surface area contributed by atoms with Gasteiger partial charge in [-0.3, -0.25) is 4.72 Å². The van der Waals surface area contributed by atoms with Gasteiger partial charge in [-0.1, -0.05) is 30.3 Å². The van der Waals surface area contributed by atoms with Crippen LogP contribution in [0.5, 0.6) is 0 Å². The molecule has 0 saturated carbocycles. The predicted molar refractivity (Wildman–Crippen MR) is 104 cm³/mol. The highest BCUT2D eigenvalue weighted by Gasteiger charge is 2.20. The fourth-order valence-electron chi connectivity index (χ4n) is 2.71. The summed E-state index contributed by atoms with van der Waals surface area (Å²) in [6, 6.07) is 11.1. The number of hydrogen-bond acceptors (Lipinski definition) is 4. The van der Waals surface area contributed by atoms with Crippen LogP contribution >= 0.6 is 11.3 Å². The Morgan fingerprint density at radius 1 is 0.960 bits per heavy atom. The minimum absolute atomic E-state index is 0.276. The topological polar surface area (TPSA) is 59.1 Å². The summed E-state index contributed by atoms with van der Waals surface area (Å²) in [5.74, 6) is 0. The van der Waals surface area contributed by atoms with Gasteiger partial charge in [0.15, 0.2) is 0 Å². The lowest BCUT2D eigenvalue weighted by Gasteiger charge is -2.15. The zero-order valence-corrected chi connectivity index (χ0v) is 16.3. The molecule has 1 N–H and O–H groups in total. The van der Waals surface area contributed by atoms with Gasteiger partial charge in [0, 0.05) is 10.9 Å². The maximum atomic E-state index is 13.0. The number of anilines is 1. The third-order valence-corrected chi connectivity index (χ3v) is 6.38. The summed E-state index contributed by atoms with van der Waals surface area (Å²) >= 11 is 1.55. The van der Waals surface area contributed by atoms with Gasteiger partial charge in [0.1, 0.15) is 0 Å². The molecule has 3 aromatic rings. The van der Waals surface area contributed by atoms with E-state index < -0.39 is 10.0 Å². The number of para-hydroxylation sites is 1. The zero-order valence-electron chi connectivity index (χ0n) is 14.6. The first-order chi connectivity index (χ1) is 11.8. The second kappa shape index (κ2) is 6.61. The molecule has 1 aromatic heterocycles. The van der Waals surface area contributed by atoms with Gasteiger partial charge in [0.25, 0.3) is 10.0 Å². The highest BCUT2D eigenvalue weighted by atomic mass is 32.2. The fraction of sp³-hybridized carbons (Fsp3) is 0.211. The Bertz CT molecular complexity index is 1020. The standard InChI is InChI=1S/C19H20N2O2S2/c1-12-8-9-16(17-11-24-15(4)20-17)10-18(12)25(22,23)21-19-13(2)6-5-7-14(19)3/h5-11,21H,1-4H3. The summed E-state index contributed by atoms with van der Waals surface area (Å²) in [6.45, 7) is 7.52. The molecule has 6 heteroatoms. The number of nitrogens with zero attached hydrogens (tertiary/aromatic N) is 1. The van der Waals surface area contributed by atoms with Crippen molar-refractivity contribution >= 4 is 27.0 Å². The summed E-state index contributed by atoms with van der Waals surface area (Å²) in [5, 5.41) is 2.89. The molecule has 0 fully saturated rings. The van der Waals surface area contributed by atoms with Crippen molar-refractivity contribution in [3.8, 4) is 11.3 Å². The highest BCUT2D eigenvalue weighted by molar-refractivity contribution is 7.92. The first kappa shape index (κ1) is 17.6. The average Bonchev–Trinajstić information content (AvgIpc) is 2.98. The zero-order chi connectivity index (χ0) is 18.2. The first-order valence-electron chi connectivity index (χ1n) is 7.90. The van der Waals surface area contributed by atoms with Gasteiger partial charge in [-0.25, -0.2) is 13.4 Å². The minimum atomic E-state index is -3.69. The second-order valence-corrected chi connectivity index (χ2v) is 8.82. The Balaban J connectivity index is 2.05. The molecule has 0 saturated heterocycles. The van der Waals surface area contributed by atoms with Crippen LogP contribution in [0.2, 0.25) is 0 Å². The summed E-state index contributed by atoms with van der Waals surface area (Å²) in [4.78, 5) is 4.73. The number of nitrogens with one attached hydrogen (secondary N) is 1. The molecule has 0 unspecified atom stereocenters. The Labute approximate surface area is 152 Å². The van der Waals surface area contributed by atoms with Crippen LogP contribution in [0, 0.1) is 27.7 Å². The van der Waals surface area contributed by atoms with E-state index in [0.717, 1.165) is 27.4 Å². The van der Waals surface area contributed by atoms with Crippen molar-refractivity contribution in [2.24, 2.45) is 0 Å². The van der Waals surface area contributed by atoms with Gasteiger partial charge in [0.2, 0.25) is 0 Å². The predicted octanol–water partition coefficient (Wildman–Crippen LogP) is 4.84. The van der Waals surface area contributed by atoms with Crippen molar-refractivity contribution < 1.29 is 8.42 Å². The highest BCUT2D eigenvalue weighted by Crippen LogP contribution is 2.29. The van der Waals surface area contributed by atoms with Gasteiger partial charge in [-0.2, -0.15) is 0 Å². The Morgan fingerprint density at radius 3 is 2.24 bits per heavy atom. The molecule has 130 valence electrons. The Hall–Kier alpha value is -2.18. The van der Waals surface area contributed by atoms with Crippen LogP contribution in [0.4, 0.5) is 5.69 Å². The molecule has 0 spiro atoms. The SMILES string of the molecule is Cc1nc(-c2ccc(C)c(S(=O)(=O)Nc3c(C)cccc3C)c2)cs1. The van der Waals surface area contributed by atoms with E-state index in [0.29, 0.717) is 11.3 Å². The van der Waals surface area contributed by atoms with Gasteiger partial charge in [-0.15, -0.1) is 11.3 Å². The molecule has 4 nitrogen and oxygen atoms in total. The number of sulfonamides is 1. The lowest BCUT2D eigenvalue weighted by Crippen LogP contribution is -2.16. The third-order valence-electron chi connectivity index (χ3n) is 4.11. The van der Waals surface area contributed by atoms with Gasteiger partial charge in [-0.05, 0) is 50.5 Å². The molecule has 2 aromatic carbocycles. The maximum Gasteiger partial charge on any atom is 0.262 e. The molecular weight excluding hydrogens is 352 g/mol. The molecular formula is C19H20N2O2S2. The summed E-state index contributed by atoms with van der Waals surface area (Å²) in [7, 11) is -3.69. The monoisotopic (exact) mass is 372 g/mol. The van der Waals surface area contributed by atoms with Crippen LogP contribution in [0.25, 0.3) is 11.3 Å². The van der Waals surface area contributed by atoms with Crippen LogP contribution in [-0.2, 0) is 10.0 Å². The van der Waals surface area contributed by atoms with E-state index in [-0.39, 0.29) is 4.90 Å². The number of benzene rings is 2. The molecule has 0 bridgehead atoms. The molecule has 0 radical (unpaired) electrons. The summed E-state index contributed by atoms with van der Waals surface area (Å²) in [6.07, 6.45) is 0. The van der Waals surface area contributed by atoms with Crippen LogP contribution in [0.1, 0.15) is 21.7 Å². The Morgan fingerprint density at radius 2 is 1.64 bits per heavy atom. The lowest BCUT2D eigenvalue weighted by molar-refractivity contribution is 0.600. The normalized spacial score (nSPS) is 11.5. The largest absolute Gasteiger partial charge is 0.279 e. The van der Waals surface area contributed by atoms with Gasteiger partial charge < -0.3 is 0 Å². The number of rotatable bonds is 4. The van der Waals surface area contributed by atoms with E-state index in [1.54, 1.807) is 24.3 Å². The van der Waals surface area contributed by atoms with Crippen LogP contribution in [-0.4, -0.2) is 13.4 Å². The maximum absolute atomic E-state index is 13.0. The van der Waals surface area contributed by atoms with Gasteiger partial charge in [0.05, 0.1) is 21.3 Å². The number of thiazole rings is 1. The van der Waals surface area contributed by atoms with E-state index in [4.69, 9.17) is 0 Å². The van der Waals surface area contributed by atoms with E-state index >= 15 is 0 Å². The summed E-state index contributed by atoms with van der Waals surface area (Å²) < 4.78 is 28.7. The smallest absolute Gasteiger partial charge is 0.262 e. The van der Waals surface area contributed by atoms with E-state index in [1.807, 2.05) is 56.5 Å². The molecule has 0 aliphatic heterocycles. The van der Waals surface area contributed by atoms with E-state index in [1.165, 1.54) is 0 Å². The molecule has 3 rings (SSSR count). The molecule has 25 heavy (non-hydrogen) atoms. The van der Waals surface area contributed by atoms with Crippen molar-refractivity contribution in [1.29, 1.82) is 0 Å². The van der Waals surface area contributed by atoms with Crippen molar-refractivity contribution in [3.05, 3.63) is 63.5 Å². The quantitative estimate of drug-likeness (QED) is 0.712. The number of aryl methyl sites for hydroxylation is 4. The van der Waals surface area contributed by atoms with E-state index in [2.05, 4.69) is 9.71 Å². The molecule has 0 amide bonds. The van der Waals surface area contributed by atoms with Crippen LogP contribution < -0.4 is 4.72 Å². The van der Waals surface area contributed by atoms with Crippen molar-refractivity contribution in [3.63, 3.8) is 0 Å². The van der Waals surface area contributed by atoms with Crippen LogP contribution in [0.3, 0.4) is 0 Å². The van der Waals surface area contributed by atoms with Crippen molar-refractivity contribution in [1.82, 2.24) is 4.98 Å². The van der Waals surface area contributed by atoms with Crippen LogP contribution in [0.15, 0.2) is 46.7 Å². The number of hydrogen-bond donors (Lipinski definition) is 1. The summed E-state index contributed by atoms with van der Waals surface area (Å²) in [5.41, 5.74) is 4.73. The van der Waals surface area contributed by atoms with E-state index in [9.17, 15) is 8.42 Å². The molecule has 1 heterocycles. The molecule has 0 aliphatic rings. The second-order valence-electron chi connectivity index (χ2n) is 6.10. The minimum Gasteiger partial charge on any atom is -0.279 e. The lowest BCUT2D eigenvalue weighted by atomic mass is 10.1.